The molecule has 0 unspecified atom stereocenters. The summed E-state index contributed by atoms with van der Waals surface area (Å²) in [4.78, 5) is 12.0. The van der Waals surface area contributed by atoms with Crippen LogP contribution < -0.4 is 5.32 Å². The first kappa shape index (κ1) is 18.5. The maximum absolute atomic E-state index is 12.0. The molecule has 1 amide bonds. The summed E-state index contributed by atoms with van der Waals surface area (Å²) in [7, 11) is 1.93. The van der Waals surface area contributed by atoms with Crippen molar-refractivity contribution in [2.75, 3.05) is 12.3 Å². The number of thioether (sulfide) groups is 1. The third-order valence-electron chi connectivity index (χ3n) is 3.75. The van der Waals surface area contributed by atoms with E-state index >= 15 is 0 Å². The first-order valence-electron chi connectivity index (χ1n) is 8.13. The van der Waals surface area contributed by atoms with Crippen LogP contribution in [0.3, 0.4) is 0 Å². The number of aromatic nitrogens is 3. The Kier molecular flexibility index (Phi) is 6.04. The van der Waals surface area contributed by atoms with Gasteiger partial charge in [0.05, 0.1) is 5.75 Å². The number of hydrogen-bond acceptors (Lipinski definition) is 4. The van der Waals surface area contributed by atoms with Gasteiger partial charge in [-0.3, -0.25) is 4.79 Å². The van der Waals surface area contributed by atoms with Gasteiger partial charge in [-0.05, 0) is 24.3 Å². The minimum Gasteiger partial charge on any atom is -0.355 e. The average molecular weight is 347 g/mol. The Morgan fingerprint density at radius 2 is 1.96 bits per heavy atom. The lowest BCUT2D eigenvalue weighted by Gasteiger charge is -2.17. The Labute approximate surface area is 148 Å². The zero-order valence-electron chi connectivity index (χ0n) is 15.1. The number of nitrogens with one attached hydrogen (secondary N) is 1. The second-order valence-electron chi connectivity index (χ2n) is 7.13. The highest BCUT2D eigenvalue weighted by atomic mass is 32.2. The molecule has 0 bridgehead atoms. The number of benzene rings is 1. The highest BCUT2D eigenvalue weighted by Gasteiger charge is 2.15. The molecule has 2 rings (SSSR count). The van der Waals surface area contributed by atoms with Crippen LogP contribution in [0.25, 0.3) is 11.4 Å². The third-order valence-corrected chi connectivity index (χ3v) is 4.77. The lowest BCUT2D eigenvalue weighted by Crippen LogP contribution is -2.28. The largest absolute Gasteiger partial charge is 0.355 e. The first-order valence-corrected chi connectivity index (χ1v) is 9.11. The van der Waals surface area contributed by atoms with E-state index in [9.17, 15) is 4.79 Å². The van der Waals surface area contributed by atoms with Gasteiger partial charge in [0, 0.05) is 19.2 Å². The van der Waals surface area contributed by atoms with E-state index in [4.69, 9.17) is 0 Å². The van der Waals surface area contributed by atoms with Gasteiger partial charge in [-0.25, -0.2) is 0 Å². The van der Waals surface area contributed by atoms with Crippen LogP contribution in [0.1, 0.15) is 32.8 Å². The summed E-state index contributed by atoms with van der Waals surface area (Å²) in [5, 5.41) is 12.2. The van der Waals surface area contributed by atoms with Gasteiger partial charge in [-0.1, -0.05) is 56.8 Å². The van der Waals surface area contributed by atoms with Crippen molar-refractivity contribution >= 4 is 17.7 Å². The minimum absolute atomic E-state index is 0.0321. The standard InChI is InChI=1S/C18H26N4OS/c1-13-8-6-7-9-14(13)16-20-21-17(22(16)5)24-12-15(23)19-11-10-18(2,3)4/h6-9H,10-12H2,1-5H3,(H,19,23). The molecule has 130 valence electrons. The van der Waals surface area contributed by atoms with Crippen LogP contribution in [0.5, 0.6) is 0 Å². The van der Waals surface area contributed by atoms with Crippen LogP contribution in [-0.4, -0.2) is 33.0 Å². The molecule has 1 aromatic heterocycles. The monoisotopic (exact) mass is 346 g/mol. The summed E-state index contributed by atoms with van der Waals surface area (Å²) in [6.07, 6.45) is 0.963. The van der Waals surface area contributed by atoms with Gasteiger partial charge in [0.1, 0.15) is 0 Å². The molecule has 1 heterocycles. The van der Waals surface area contributed by atoms with Gasteiger partial charge < -0.3 is 9.88 Å². The SMILES string of the molecule is Cc1ccccc1-c1nnc(SCC(=O)NCCC(C)(C)C)n1C. The number of carbonyl (C=O) groups excluding carboxylic acids is 1. The number of hydrogen-bond donors (Lipinski definition) is 1. The average Bonchev–Trinajstić information content (AvgIpc) is 2.85. The van der Waals surface area contributed by atoms with Gasteiger partial charge in [-0.2, -0.15) is 0 Å². The van der Waals surface area contributed by atoms with E-state index in [1.54, 1.807) is 0 Å². The number of aryl methyl sites for hydroxylation is 1. The molecular weight excluding hydrogens is 320 g/mol. The Morgan fingerprint density at radius 3 is 2.62 bits per heavy atom. The third kappa shape index (κ3) is 5.09. The van der Waals surface area contributed by atoms with Crippen molar-refractivity contribution in [2.24, 2.45) is 12.5 Å². The van der Waals surface area contributed by atoms with Crippen LogP contribution in [-0.2, 0) is 11.8 Å². The molecule has 0 saturated carbocycles. The van der Waals surface area contributed by atoms with Crippen molar-refractivity contribution in [1.29, 1.82) is 0 Å². The summed E-state index contributed by atoms with van der Waals surface area (Å²) in [6, 6.07) is 8.09. The summed E-state index contributed by atoms with van der Waals surface area (Å²) < 4.78 is 1.94. The van der Waals surface area contributed by atoms with Gasteiger partial charge in [-0.15, -0.1) is 10.2 Å². The van der Waals surface area contributed by atoms with Gasteiger partial charge in [0.25, 0.3) is 0 Å². The molecule has 6 heteroatoms. The fourth-order valence-electron chi connectivity index (χ4n) is 2.26. The summed E-state index contributed by atoms with van der Waals surface area (Å²) in [5.74, 6) is 1.21. The van der Waals surface area contributed by atoms with Crippen molar-refractivity contribution in [3.05, 3.63) is 29.8 Å². The lowest BCUT2D eigenvalue weighted by molar-refractivity contribution is -0.118. The molecule has 0 aliphatic heterocycles. The molecule has 0 fully saturated rings. The normalized spacial score (nSPS) is 11.5. The molecule has 0 aliphatic carbocycles. The quantitative estimate of drug-likeness (QED) is 0.814. The van der Waals surface area contributed by atoms with E-state index in [2.05, 4.69) is 49.3 Å². The first-order chi connectivity index (χ1) is 11.3. The predicted molar refractivity (Wildman–Crippen MR) is 99.0 cm³/mol. The molecule has 0 spiro atoms. The molecule has 5 nitrogen and oxygen atoms in total. The number of rotatable bonds is 6. The molecule has 0 aliphatic rings. The van der Waals surface area contributed by atoms with Crippen molar-refractivity contribution in [1.82, 2.24) is 20.1 Å². The van der Waals surface area contributed by atoms with E-state index in [1.165, 1.54) is 11.8 Å². The van der Waals surface area contributed by atoms with E-state index < -0.39 is 0 Å². The zero-order valence-corrected chi connectivity index (χ0v) is 15.9. The van der Waals surface area contributed by atoms with Crippen LogP contribution in [0.4, 0.5) is 0 Å². The van der Waals surface area contributed by atoms with Crippen LogP contribution in [0, 0.1) is 12.3 Å². The second-order valence-corrected chi connectivity index (χ2v) is 8.07. The number of nitrogens with zero attached hydrogens (tertiary/aromatic N) is 3. The molecule has 0 saturated heterocycles. The van der Waals surface area contributed by atoms with E-state index in [0.717, 1.165) is 28.5 Å². The lowest BCUT2D eigenvalue weighted by atomic mass is 9.92. The van der Waals surface area contributed by atoms with Crippen molar-refractivity contribution in [3.8, 4) is 11.4 Å². The smallest absolute Gasteiger partial charge is 0.230 e. The molecule has 0 atom stereocenters. The fraction of sp³-hybridized carbons (Fsp3) is 0.500. The highest BCUT2D eigenvalue weighted by Crippen LogP contribution is 2.24. The minimum atomic E-state index is 0.0321. The molecule has 2 aromatic rings. The van der Waals surface area contributed by atoms with Gasteiger partial charge in [0.2, 0.25) is 5.91 Å². The Balaban J connectivity index is 1.93. The molecule has 1 N–H and O–H groups in total. The van der Waals surface area contributed by atoms with Crippen molar-refractivity contribution < 1.29 is 4.79 Å². The molecule has 24 heavy (non-hydrogen) atoms. The van der Waals surface area contributed by atoms with Crippen LogP contribution in [0.2, 0.25) is 0 Å². The Morgan fingerprint density at radius 1 is 1.25 bits per heavy atom. The Bertz CT molecular complexity index is 703. The molecule has 1 aromatic carbocycles. The molecular formula is C18H26N4OS. The van der Waals surface area contributed by atoms with E-state index in [-0.39, 0.29) is 11.3 Å². The number of amides is 1. The Hall–Kier alpha value is -1.82. The second kappa shape index (κ2) is 7.83. The van der Waals surface area contributed by atoms with Crippen LogP contribution >= 0.6 is 11.8 Å². The highest BCUT2D eigenvalue weighted by molar-refractivity contribution is 7.99. The predicted octanol–water partition coefficient (Wildman–Crippen LogP) is 3.44. The van der Waals surface area contributed by atoms with Gasteiger partial charge in [0.15, 0.2) is 11.0 Å². The topological polar surface area (TPSA) is 59.8 Å². The summed E-state index contributed by atoms with van der Waals surface area (Å²) in [6.45, 7) is 9.26. The maximum atomic E-state index is 12.0. The van der Waals surface area contributed by atoms with Crippen molar-refractivity contribution in [3.63, 3.8) is 0 Å². The summed E-state index contributed by atoms with van der Waals surface area (Å²) in [5.41, 5.74) is 2.45. The zero-order chi connectivity index (χ0) is 17.7. The van der Waals surface area contributed by atoms with E-state index in [1.807, 2.05) is 29.8 Å². The molecule has 0 radical (unpaired) electrons. The fourth-order valence-corrected chi connectivity index (χ4v) is 3.00. The van der Waals surface area contributed by atoms with Crippen molar-refractivity contribution in [2.45, 2.75) is 39.3 Å². The van der Waals surface area contributed by atoms with Gasteiger partial charge >= 0.3 is 0 Å². The van der Waals surface area contributed by atoms with E-state index in [0.29, 0.717) is 12.3 Å². The maximum Gasteiger partial charge on any atom is 0.230 e. The summed E-state index contributed by atoms with van der Waals surface area (Å²) >= 11 is 1.41. The van der Waals surface area contributed by atoms with Crippen LogP contribution in [0.15, 0.2) is 29.4 Å². The number of carbonyl (C=O) groups is 1.